The molecule has 1 amide bonds. The second-order valence-electron chi connectivity index (χ2n) is 5.58. The summed E-state index contributed by atoms with van der Waals surface area (Å²) in [5.41, 5.74) is -0.669. The minimum absolute atomic E-state index is 0.00556. The van der Waals surface area contributed by atoms with E-state index in [0.717, 1.165) is 19.3 Å². The molecule has 0 aromatic carbocycles. The largest absolute Gasteiger partial charge is 0.450 e. The van der Waals surface area contributed by atoms with E-state index in [4.69, 9.17) is 4.74 Å². The zero-order chi connectivity index (χ0) is 14.4. The van der Waals surface area contributed by atoms with Gasteiger partial charge < -0.3 is 10.1 Å². The van der Waals surface area contributed by atoms with Crippen molar-refractivity contribution in [1.29, 1.82) is 0 Å². The van der Waals surface area contributed by atoms with E-state index in [1.54, 1.807) is 6.92 Å². The molecule has 1 fully saturated rings. The average molecular weight is 291 g/mol. The highest BCUT2D eigenvalue weighted by molar-refractivity contribution is 7.91. The molecule has 0 aromatic heterocycles. The molecule has 1 saturated heterocycles. The molecule has 1 unspecified atom stereocenters. The Morgan fingerprint density at radius 1 is 1.26 bits per heavy atom. The molecule has 19 heavy (non-hydrogen) atoms. The first kappa shape index (κ1) is 16.3. The maximum Gasteiger partial charge on any atom is 0.407 e. The van der Waals surface area contributed by atoms with Gasteiger partial charge in [0.05, 0.1) is 23.7 Å². The Kier molecular flexibility index (Phi) is 6.10. The van der Waals surface area contributed by atoms with Crippen molar-refractivity contribution in [3.05, 3.63) is 0 Å². The fourth-order valence-electron chi connectivity index (χ4n) is 2.26. The van der Waals surface area contributed by atoms with Crippen LogP contribution >= 0.6 is 0 Å². The van der Waals surface area contributed by atoms with Gasteiger partial charge in [-0.15, -0.1) is 0 Å². The van der Waals surface area contributed by atoms with Crippen LogP contribution in [0.5, 0.6) is 0 Å². The number of nitrogens with one attached hydrogen (secondary N) is 1. The summed E-state index contributed by atoms with van der Waals surface area (Å²) in [5, 5.41) is 2.67. The molecule has 0 bridgehead atoms. The Hall–Kier alpha value is -0.780. The van der Waals surface area contributed by atoms with E-state index in [2.05, 4.69) is 12.2 Å². The van der Waals surface area contributed by atoms with Crippen LogP contribution in [0, 0.1) is 0 Å². The van der Waals surface area contributed by atoms with Gasteiger partial charge in [-0.05, 0) is 19.8 Å². The van der Waals surface area contributed by atoms with Crippen molar-refractivity contribution >= 4 is 15.9 Å². The molecule has 1 N–H and O–H groups in total. The Labute approximate surface area is 116 Å². The van der Waals surface area contributed by atoms with Crippen LogP contribution in [0.1, 0.15) is 52.4 Å². The number of amides is 1. The van der Waals surface area contributed by atoms with Gasteiger partial charge in [0.2, 0.25) is 0 Å². The molecule has 0 saturated carbocycles. The quantitative estimate of drug-likeness (QED) is 0.730. The molecule has 1 aliphatic heterocycles. The van der Waals surface area contributed by atoms with Gasteiger partial charge in [-0.1, -0.05) is 32.6 Å². The standard InChI is InChI=1S/C13H25NO4S/c1-3-4-5-6-7-9-18-12(15)14-13(2)8-10-19(16,17)11-13/h3-11H2,1-2H3,(H,14,15). The number of unbranched alkanes of at least 4 members (excludes halogenated alkanes) is 4. The van der Waals surface area contributed by atoms with Gasteiger partial charge in [0.15, 0.2) is 9.84 Å². The number of ether oxygens (including phenoxy) is 1. The first-order valence-electron chi connectivity index (χ1n) is 7.02. The fraction of sp³-hybridized carbons (Fsp3) is 0.923. The van der Waals surface area contributed by atoms with Gasteiger partial charge >= 0.3 is 6.09 Å². The van der Waals surface area contributed by atoms with E-state index in [9.17, 15) is 13.2 Å². The van der Waals surface area contributed by atoms with Crippen LogP contribution in [0.15, 0.2) is 0 Å². The van der Waals surface area contributed by atoms with E-state index in [0.29, 0.717) is 13.0 Å². The zero-order valence-electron chi connectivity index (χ0n) is 11.9. The summed E-state index contributed by atoms with van der Waals surface area (Å²) in [7, 11) is -3.01. The number of hydrogen-bond donors (Lipinski definition) is 1. The lowest BCUT2D eigenvalue weighted by molar-refractivity contribution is 0.134. The van der Waals surface area contributed by atoms with E-state index in [-0.39, 0.29) is 11.5 Å². The Bertz CT molecular complexity index is 393. The van der Waals surface area contributed by atoms with E-state index >= 15 is 0 Å². The molecule has 0 aromatic rings. The molecule has 1 aliphatic rings. The lowest BCUT2D eigenvalue weighted by Gasteiger charge is -2.23. The predicted molar refractivity (Wildman–Crippen MR) is 74.9 cm³/mol. The minimum Gasteiger partial charge on any atom is -0.450 e. The maximum atomic E-state index is 11.6. The number of sulfone groups is 1. The van der Waals surface area contributed by atoms with E-state index in [1.165, 1.54) is 12.8 Å². The molecule has 6 heteroatoms. The predicted octanol–water partition coefficient (Wildman–Crippen LogP) is 2.26. The second-order valence-corrected chi connectivity index (χ2v) is 7.76. The average Bonchev–Trinajstić information content (AvgIpc) is 2.57. The number of alkyl carbamates (subject to hydrolysis) is 1. The van der Waals surface area contributed by atoms with Crippen molar-refractivity contribution < 1.29 is 17.9 Å². The third kappa shape index (κ3) is 6.27. The highest BCUT2D eigenvalue weighted by atomic mass is 32.2. The van der Waals surface area contributed by atoms with Crippen molar-refractivity contribution in [1.82, 2.24) is 5.32 Å². The monoisotopic (exact) mass is 291 g/mol. The van der Waals surface area contributed by atoms with Crippen LogP contribution in [-0.2, 0) is 14.6 Å². The normalized spacial score (nSPS) is 25.2. The van der Waals surface area contributed by atoms with Gasteiger partial charge in [-0.2, -0.15) is 0 Å². The summed E-state index contributed by atoms with van der Waals surface area (Å²) in [5.74, 6) is 0.145. The minimum atomic E-state index is -3.01. The molecule has 0 radical (unpaired) electrons. The summed E-state index contributed by atoms with van der Waals surface area (Å²) < 4.78 is 27.9. The molecule has 0 aliphatic carbocycles. The molecule has 0 spiro atoms. The smallest absolute Gasteiger partial charge is 0.407 e. The highest BCUT2D eigenvalue weighted by Crippen LogP contribution is 2.22. The van der Waals surface area contributed by atoms with Crippen LogP contribution in [-0.4, -0.2) is 38.2 Å². The Morgan fingerprint density at radius 3 is 2.53 bits per heavy atom. The van der Waals surface area contributed by atoms with Gasteiger partial charge in [0, 0.05) is 0 Å². The van der Waals surface area contributed by atoms with Crippen LogP contribution in [0.25, 0.3) is 0 Å². The van der Waals surface area contributed by atoms with Gasteiger partial charge in [-0.3, -0.25) is 0 Å². The summed E-state index contributed by atoms with van der Waals surface area (Å²) in [4.78, 5) is 11.6. The summed E-state index contributed by atoms with van der Waals surface area (Å²) >= 11 is 0. The fourth-order valence-corrected chi connectivity index (χ4v) is 4.36. The second kappa shape index (κ2) is 7.12. The van der Waals surface area contributed by atoms with E-state index in [1.807, 2.05) is 0 Å². The lowest BCUT2D eigenvalue weighted by Crippen LogP contribution is -2.47. The molecule has 112 valence electrons. The van der Waals surface area contributed by atoms with Gasteiger partial charge in [0.1, 0.15) is 0 Å². The van der Waals surface area contributed by atoms with Gasteiger partial charge in [-0.25, -0.2) is 13.2 Å². The molecular formula is C13H25NO4S. The van der Waals surface area contributed by atoms with Crippen molar-refractivity contribution in [2.24, 2.45) is 0 Å². The topological polar surface area (TPSA) is 72.5 Å². The van der Waals surface area contributed by atoms with Crippen molar-refractivity contribution in [3.8, 4) is 0 Å². The molecule has 1 rings (SSSR count). The highest BCUT2D eigenvalue weighted by Gasteiger charge is 2.39. The number of hydrogen-bond acceptors (Lipinski definition) is 4. The molecular weight excluding hydrogens is 266 g/mol. The first-order valence-corrected chi connectivity index (χ1v) is 8.84. The third-order valence-corrected chi connectivity index (χ3v) is 5.29. The first-order chi connectivity index (χ1) is 8.87. The van der Waals surface area contributed by atoms with Crippen LogP contribution < -0.4 is 5.32 Å². The lowest BCUT2D eigenvalue weighted by atomic mass is 10.0. The molecule has 1 heterocycles. The van der Waals surface area contributed by atoms with Crippen molar-refractivity contribution in [2.45, 2.75) is 57.9 Å². The Balaban J connectivity index is 2.18. The van der Waals surface area contributed by atoms with E-state index < -0.39 is 21.5 Å². The van der Waals surface area contributed by atoms with Gasteiger partial charge in [0.25, 0.3) is 0 Å². The number of carbonyl (C=O) groups excluding carboxylic acids is 1. The molecule has 1 atom stereocenters. The van der Waals surface area contributed by atoms with Crippen LogP contribution in [0.2, 0.25) is 0 Å². The zero-order valence-corrected chi connectivity index (χ0v) is 12.7. The van der Waals surface area contributed by atoms with Crippen molar-refractivity contribution in [2.75, 3.05) is 18.1 Å². The maximum absolute atomic E-state index is 11.6. The summed E-state index contributed by atoms with van der Waals surface area (Å²) in [6.07, 6.45) is 5.44. The third-order valence-electron chi connectivity index (χ3n) is 3.39. The van der Waals surface area contributed by atoms with Crippen LogP contribution in [0.3, 0.4) is 0 Å². The summed E-state index contributed by atoms with van der Waals surface area (Å²) in [6, 6.07) is 0. The SMILES string of the molecule is CCCCCCCOC(=O)NC1(C)CCS(=O)(=O)C1. The Morgan fingerprint density at radius 2 is 1.95 bits per heavy atom. The number of carbonyl (C=O) groups is 1. The van der Waals surface area contributed by atoms with Crippen molar-refractivity contribution in [3.63, 3.8) is 0 Å². The molecule has 5 nitrogen and oxygen atoms in total. The summed E-state index contributed by atoms with van der Waals surface area (Å²) in [6.45, 7) is 4.30. The number of rotatable bonds is 7. The van der Waals surface area contributed by atoms with Crippen LogP contribution in [0.4, 0.5) is 4.79 Å².